The van der Waals surface area contributed by atoms with Crippen molar-refractivity contribution in [3.63, 3.8) is 0 Å². The molecule has 0 bridgehead atoms. The molecule has 11 heavy (non-hydrogen) atoms. The number of hydrogen-bond donors (Lipinski definition) is 1. The maximum atomic E-state index is 11.0. The van der Waals surface area contributed by atoms with Gasteiger partial charge in [-0.3, -0.25) is 15.0 Å². The molecule has 2 rings (SSSR count). The lowest BCUT2D eigenvalue weighted by atomic mass is 10.0. The van der Waals surface area contributed by atoms with Crippen LogP contribution >= 0.6 is 0 Å². The first kappa shape index (κ1) is 6.03. The number of allylic oxidation sites excluding steroid dienone is 3. The van der Waals surface area contributed by atoms with Gasteiger partial charge in [0.05, 0.1) is 5.57 Å². The van der Waals surface area contributed by atoms with E-state index in [4.69, 9.17) is 0 Å². The third-order valence-corrected chi connectivity index (χ3v) is 1.43. The SMILES string of the molecule is O=C1C=CC(=O)C(C2=NN2)=C1. The number of rotatable bonds is 1. The van der Waals surface area contributed by atoms with Gasteiger partial charge in [0.25, 0.3) is 0 Å². The topological polar surface area (TPSA) is 68.4 Å². The summed E-state index contributed by atoms with van der Waals surface area (Å²) in [5.41, 5.74) is 2.88. The highest BCUT2D eigenvalue weighted by atomic mass is 16.1. The first-order valence-electron chi connectivity index (χ1n) is 3.09. The van der Waals surface area contributed by atoms with Crippen LogP contribution in [0.5, 0.6) is 0 Å². The van der Waals surface area contributed by atoms with E-state index in [0.717, 1.165) is 0 Å². The van der Waals surface area contributed by atoms with Crippen LogP contribution in [0.4, 0.5) is 0 Å². The second kappa shape index (κ2) is 1.88. The number of hydrogen-bond acceptors (Lipinski definition) is 4. The second-order valence-corrected chi connectivity index (χ2v) is 2.23. The number of nitrogens with one attached hydrogen (secondary N) is 1. The number of amidine groups is 1. The molecule has 0 radical (unpaired) electrons. The van der Waals surface area contributed by atoms with Crippen molar-refractivity contribution in [3.05, 3.63) is 23.8 Å². The van der Waals surface area contributed by atoms with E-state index in [1.165, 1.54) is 18.2 Å². The predicted octanol–water partition coefficient (Wildman–Crippen LogP) is -0.463. The third-order valence-electron chi connectivity index (χ3n) is 1.43. The Morgan fingerprint density at radius 1 is 1.27 bits per heavy atom. The van der Waals surface area contributed by atoms with Gasteiger partial charge in [-0.05, 0) is 12.2 Å². The number of carbonyl (C=O) groups excluding carboxylic acids is 2. The van der Waals surface area contributed by atoms with Crippen molar-refractivity contribution in [1.29, 1.82) is 0 Å². The summed E-state index contributed by atoms with van der Waals surface area (Å²) < 4.78 is 0. The zero-order valence-electron chi connectivity index (χ0n) is 5.50. The smallest absolute Gasteiger partial charge is 0.189 e. The number of ketones is 2. The van der Waals surface area contributed by atoms with Crippen LogP contribution < -0.4 is 5.43 Å². The van der Waals surface area contributed by atoms with Gasteiger partial charge >= 0.3 is 0 Å². The fourth-order valence-corrected chi connectivity index (χ4v) is 0.843. The zero-order chi connectivity index (χ0) is 7.84. The summed E-state index contributed by atoms with van der Waals surface area (Å²) in [4.78, 5) is 21.7. The van der Waals surface area contributed by atoms with Crippen molar-refractivity contribution in [2.24, 2.45) is 5.10 Å². The molecule has 1 N–H and O–H groups in total. The Morgan fingerprint density at radius 2 is 2.00 bits per heavy atom. The van der Waals surface area contributed by atoms with Gasteiger partial charge in [-0.25, -0.2) is 0 Å². The Kier molecular flexibility index (Phi) is 1.03. The number of hydrazone groups is 1. The van der Waals surface area contributed by atoms with E-state index in [-0.39, 0.29) is 11.6 Å². The lowest BCUT2D eigenvalue weighted by Gasteiger charge is -1.97. The fraction of sp³-hybridized carbons (Fsp3) is 0. The molecule has 0 spiro atoms. The van der Waals surface area contributed by atoms with Crippen molar-refractivity contribution in [1.82, 2.24) is 5.43 Å². The van der Waals surface area contributed by atoms with Crippen LogP contribution in [0.25, 0.3) is 0 Å². The second-order valence-electron chi connectivity index (χ2n) is 2.23. The summed E-state index contributed by atoms with van der Waals surface area (Å²) in [5.74, 6) is 0.164. The van der Waals surface area contributed by atoms with Gasteiger partial charge < -0.3 is 0 Å². The standard InChI is InChI=1S/C7H4N2O2/c10-4-1-2-6(11)5(3-4)7-8-9-7/h1-3H,(H,8,9). The highest BCUT2D eigenvalue weighted by Crippen LogP contribution is 2.10. The minimum absolute atomic E-state index is 0.170. The van der Waals surface area contributed by atoms with Gasteiger partial charge in [-0.15, -0.1) is 0 Å². The summed E-state index contributed by atoms with van der Waals surface area (Å²) in [5, 5.41) is 3.60. The summed E-state index contributed by atoms with van der Waals surface area (Å²) in [6.07, 6.45) is 3.77. The molecule has 2 aliphatic rings. The molecule has 0 aromatic heterocycles. The molecule has 0 amide bonds. The Hall–Kier alpha value is -1.71. The van der Waals surface area contributed by atoms with Gasteiger partial charge in [0.2, 0.25) is 0 Å². The maximum Gasteiger partial charge on any atom is 0.189 e. The van der Waals surface area contributed by atoms with Crippen molar-refractivity contribution in [3.8, 4) is 0 Å². The normalized spacial score (nSPS) is 20.7. The lowest BCUT2D eigenvalue weighted by Crippen LogP contribution is -2.13. The summed E-state index contributed by atoms with van der Waals surface area (Å²) >= 11 is 0. The molecule has 0 fully saturated rings. The minimum atomic E-state index is -0.173. The van der Waals surface area contributed by atoms with Gasteiger partial charge in [0, 0.05) is 6.08 Å². The molecule has 1 heterocycles. The molecule has 0 aromatic carbocycles. The monoisotopic (exact) mass is 148 g/mol. The first-order valence-corrected chi connectivity index (χ1v) is 3.09. The van der Waals surface area contributed by atoms with Crippen molar-refractivity contribution >= 4 is 17.4 Å². The minimum Gasteiger partial charge on any atom is -0.290 e. The van der Waals surface area contributed by atoms with Crippen LogP contribution in [0.3, 0.4) is 0 Å². The molecule has 0 atom stereocenters. The Bertz CT molecular complexity index is 336. The largest absolute Gasteiger partial charge is 0.290 e. The summed E-state index contributed by atoms with van der Waals surface area (Å²) in [6, 6.07) is 0. The summed E-state index contributed by atoms with van der Waals surface area (Å²) in [7, 11) is 0. The Balaban J connectivity index is 2.36. The van der Waals surface area contributed by atoms with Gasteiger partial charge in [0.15, 0.2) is 17.4 Å². The molecule has 0 aromatic rings. The third kappa shape index (κ3) is 0.980. The van der Waals surface area contributed by atoms with Crippen molar-refractivity contribution < 1.29 is 9.59 Å². The van der Waals surface area contributed by atoms with Crippen LogP contribution in [-0.4, -0.2) is 17.4 Å². The number of nitrogens with zero attached hydrogens (tertiary/aromatic N) is 1. The zero-order valence-corrected chi connectivity index (χ0v) is 5.50. The van der Waals surface area contributed by atoms with E-state index in [0.29, 0.717) is 11.4 Å². The number of carbonyl (C=O) groups is 2. The fourth-order valence-electron chi connectivity index (χ4n) is 0.843. The van der Waals surface area contributed by atoms with E-state index < -0.39 is 0 Å². The highest BCUT2D eigenvalue weighted by Gasteiger charge is 2.23. The first-order chi connectivity index (χ1) is 5.27. The average molecular weight is 148 g/mol. The maximum absolute atomic E-state index is 11.0. The molecule has 0 unspecified atom stereocenters. The molecular weight excluding hydrogens is 144 g/mol. The van der Waals surface area contributed by atoms with Gasteiger partial charge in [-0.2, -0.15) is 5.10 Å². The highest BCUT2D eigenvalue weighted by molar-refractivity contribution is 6.33. The lowest BCUT2D eigenvalue weighted by molar-refractivity contribution is -0.114. The molecule has 0 saturated carbocycles. The van der Waals surface area contributed by atoms with Crippen molar-refractivity contribution in [2.45, 2.75) is 0 Å². The predicted molar refractivity (Wildman–Crippen MR) is 37.8 cm³/mol. The van der Waals surface area contributed by atoms with Crippen LogP contribution in [0.2, 0.25) is 0 Å². The molecular formula is C7H4N2O2. The average Bonchev–Trinajstić information content (AvgIpc) is 2.76. The Labute approximate surface area is 62.3 Å². The van der Waals surface area contributed by atoms with Crippen molar-refractivity contribution in [2.75, 3.05) is 0 Å². The van der Waals surface area contributed by atoms with Crippen LogP contribution in [0, 0.1) is 0 Å². The Morgan fingerprint density at radius 3 is 2.64 bits per heavy atom. The molecule has 0 saturated heterocycles. The van der Waals surface area contributed by atoms with Crippen LogP contribution in [-0.2, 0) is 9.59 Å². The molecule has 4 heteroatoms. The van der Waals surface area contributed by atoms with Gasteiger partial charge in [0.1, 0.15) is 0 Å². The molecule has 1 aliphatic carbocycles. The van der Waals surface area contributed by atoms with E-state index in [9.17, 15) is 9.59 Å². The van der Waals surface area contributed by atoms with Gasteiger partial charge in [-0.1, -0.05) is 0 Å². The summed E-state index contributed by atoms with van der Waals surface area (Å²) in [6.45, 7) is 0. The quantitative estimate of drug-likeness (QED) is 0.511. The van der Waals surface area contributed by atoms with E-state index in [1.807, 2.05) is 0 Å². The van der Waals surface area contributed by atoms with E-state index in [1.54, 1.807) is 0 Å². The van der Waals surface area contributed by atoms with Crippen LogP contribution in [0.15, 0.2) is 28.9 Å². The van der Waals surface area contributed by atoms with E-state index >= 15 is 0 Å². The van der Waals surface area contributed by atoms with E-state index in [2.05, 4.69) is 10.5 Å². The molecule has 4 nitrogen and oxygen atoms in total. The van der Waals surface area contributed by atoms with Crippen LogP contribution in [0.1, 0.15) is 0 Å². The molecule has 1 aliphatic heterocycles. The molecule has 54 valence electrons.